The predicted molar refractivity (Wildman–Crippen MR) is 139 cm³/mol. The lowest BCUT2D eigenvalue weighted by Crippen LogP contribution is -2.38. The number of anilines is 3. The Morgan fingerprint density at radius 3 is 2.23 bits per heavy atom. The van der Waals surface area contributed by atoms with Crippen molar-refractivity contribution >= 4 is 29.2 Å². The number of nitrogens with one attached hydrogen (secondary N) is 1. The number of ether oxygens (including phenoxy) is 1. The third kappa shape index (κ3) is 7.02. The number of rotatable bonds is 8. The number of benzene rings is 2. The van der Waals surface area contributed by atoms with Gasteiger partial charge in [-0.25, -0.2) is 9.97 Å². The number of aromatic nitrogens is 2. The summed E-state index contributed by atoms with van der Waals surface area (Å²) in [4.78, 5) is 37.3. The van der Waals surface area contributed by atoms with Crippen molar-refractivity contribution in [2.24, 2.45) is 0 Å². The van der Waals surface area contributed by atoms with Gasteiger partial charge in [0.05, 0.1) is 25.2 Å². The van der Waals surface area contributed by atoms with E-state index in [1.807, 2.05) is 4.90 Å². The summed E-state index contributed by atoms with van der Waals surface area (Å²) in [5.41, 5.74) is 1.15. The molecule has 12 heteroatoms. The van der Waals surface area contributed by atoms with Crippen LogP contribution in [0.5, 0.6) is 0 Å². The minimum atomic E-state index is -4.47. The molecule has 0 aliphatic carbocycles. The van der Waals surface area contributed by atoms with E-state index in [1.54, 1.807) is 43.3 Å². The predicted octanol–water partition coefficient (Wildman–Crippen LogP) is 3.87. The van der Waals surface area contributed by atoms with E-state index in [4.69, 9.17) is 9.72 Å². The van der Waals surface area contributed by atoms with E-state index in [2.05, 4.69) is 10.3 Å². The molecule has 9 nitrogen and oxygen atoms in total. The van der Waals surface area contributed by atoms with Gasteiger partial charge in [-0.05, 0) is 42.0 Å². The van der Waals surface area contributed by atoms with Gasteiger partial charge in [-0.1, -0.05) is 12.1 Å². The lowest BCUT2D eigenvalue weighted by atomic mass is 10.1. The van der Waals surface area contributed by atoms with Crippen LogP contribution >= 0.6 is 0 Å². The first-order valence-corrected chi connectivity index (χ1v) is 12.2. The van der Waals surface area contributed by atoms with Gasteiger partial charge >= 0.3 is 12.1 Å². The van der Waals surface area contributed by atoms with Gasteiger partial charge in [0.15, 0.2) is 0 Å². The Hall–Kier alpha value is -4.19. The van der Waals surface area contributed by atoms with Crippen molar-refractivity contribution in [2.75, 3.05) is 55.5 Å². The molecule has 1 saturated heterocycles. The van der Waals surface area contributed by atoms with Crippen molar-refractivity contribution < 1.29 is 32.6 Å². The number of carboxylic acid groups (broad SMARTS) is 1. The molecule has 1 aliphatic rings. The van der Waals surface area contributed by atoms with Gasteiger partial charge in [0.2, 0.25) is 0 Å². The number of aliphatic carboxylic acids is 1. The molecule has 1 fully saturated rings. The van der Waals surface area contributed by atoms with Crippen LogP contribution in [0, 0.1) is 0 Å². The number of alkyl halides is 3. The fraction of sp³-hybridized carbons (Fsp3) is 0.333. The summed E-state index contributed by atoms with van der Waals surface area (Å²) in [6, 6.07) is 11.0. The molecule has 0 spiro atoms. The topological polar surface area (TPSA) is 108 Å². The molecule has 39 heavy (non-hydrogen) atoms. The van der Waals surface area contributed by atoms with Crippen LogP contribution in [0.4, 0.5) is 30.5 Å². The molecule has 206 valence electrons. The van der Waals surface area contributed by atoms with Crippen molar-refractivity contribution in [3.8, 4) is 0 Å². The largest absolute Gasteiger partial charge is 0.481 e. The SMILES string of the molecule is CN(C)c1nc(Cc2ccc(NC(=O)c3ccc(C(F)(F)F)cc3)cc2)nc(N2CCOCC2)c1CC(=O)O. The first kappa shape index (κ1) is 27.8. The summed E-state index contributed by atoms with van der Waals surface area (Å²) < 4.78 is 43.7. The van der Waals surface area contributed by atoms with E-state index >= 15 is 0 Å². The number of carboxylic acids is 1. The second-order valence-electron chi connectivity index (χ2n) is 9.23. The van der Waals surface area contributed by atoms with Crippen LogP contribution in [-0.4, -0.2) is 67.3 Å². The van der Waals surface area contributed by atoms with Crippen molar-refractivity contribution in [1.29, 1.82) is 0 Å². The Balaban J connectivity index is 1.52. The molecule has 1 amide bonds. The highest BCUT2D eigenvalue weighted by Crippen LogP contribution is 2.30. The normalized spacial score (nSPS) is 13.7. The molecule has 2 N–H and O–H groups in total. The molecule has 4 rings (SSSR count). The summed E-state index contributed by atoms with van der Waals surface area (Å²) in [5.74, 6) is 0.118. The monoisotopic (exact) mass is 543 g/mol. The quantitative estimate of drug-likeness (QED) is 0.441. The van der Waals surface area contributed by atoms with E-state index in [0.717, 1.165) is 29.8 Å². The minimum Gasteiger partial charge on any atom is -0.481 e. The van der Waals surface area contributed by atoms with Crippen LogP contribution in [0.1, 0.15) is 32.9 Å². The van der Waals surface area contributed by atoms with E-state index in [-0.39, 0.29) is 12.0 Å². The number of carbonyl (C=O) groups is 2. The first-order valence-electron chi connectivity index (χ1n) is 12.2. The Morgan fingerprint density at radius 1 is 1.03 bits per heavy atom. The first-order chi connectivity index (χ1) is 18.5. The Bertz CT molecular complexity index is 1320. The van der Waals surface area contributed by atoms with Crippen molar-refractivity contribution in [3.63, 3.8) is 0 Å². The van der Waals surface area contributed by atoms with Crippen molar-refractivity contribution in [1.82, 2.24) is 9.97 Å². The minimum absolute atomic E-state index is 0.105. The fourth-order valence-corrected chi connectivity index (χ4v) is 4.20. The second-order valence-corrected chi connectivity index (χ2v) is 9.23. The summed E-state index contributed by atoms with van der Waals surface area (Å²) in [5, 5.41) is 12.2. The van der Waals surface area contributed by atoms with Crippen molar-refractivity contribution in [2.45, 2.75) is 19.0 Å². The van der Waals surface area contributed by atoms with Crippen LogP contribution < -0.4 is 15.1 Å². The molecular weight excluding hydrogens is 515 g/mol. The Kier molecular flexibility index (Phi) is 8.34. The van der Waals surface area contributed by atoms with Gasteiger partial charge in [0, 0.05) is 50.4 Å². The molecule has 0 unspecified atom stereocenters. The average molecular weight is 544 g/mol. The lowest BCUT2D eigenvalue weighted by molar-refractivity contribution is -0.138. The number of halogens is 3. The molecule has 3 aromatic rings. The third-order valence-corrected chi connectivity index (χ3v) is 6.12. The summed E-state index contributed by atoms with van der Waals surface area (Å²) in [7, 11) is 3.60. The maximum absolute atomic E-state index is 12.8. The number of morpholine rings is 1. The van der Waals surface area contributed by atoms with Gasteiger partial charge in [-0.15, -0.1) is 0 Å². The lowest BCUT2D eigenvalue weighted by Gasteiger charge is -2.31. The maximum atomic E-state index is 12.8. The molecule has 0 atom stereocenters. The fourth-order valence-electron chi connectivity index (χ4n) is 4.20. The van der Waals surface area contributed by atoms with Crippen LogP contribution in [0.15, 0.2) is 48.5 Å². The standard InChI is InChI=1S/C27H28F3N5O4/c1-34(2)24-21(16-23(36)37)25(35-11-13-39-14-12-35)33-22(32-24)15-17-3-9-20(10-4-17)31-26(38)18-5-7-19(8-6-18)27(28,29)30/h3-10H,11-16H2,1-2H3,(H,31,38)(H,36,37). The van der Waals surface area contributed by atoms with Crippen LogP contribution in [0.25, 0.3) is 0 Å². The van der Waals surface area contributed by atoms with Gasteiger partial charge < -0.3 is 25.0 Å². The number of hydrogen-bond acceptors (Lipinski definition) is 7. The number of hydrogen-bond donors (Lipinski definition) is 2. The molecule has 2 aromatic carbocycles. The van der Waals surface area contributed by atoms with E-state index in [1.165, 1.54) is 0 Å². The van der Waals surface area contributed by atoms with Gasteiger partial charge in [-0.3, -0.25) is 9.59 Å². The smallest absolute Gasteiger partial charge is 0.416 e. The Morgan fingerprint density at radius 2 is 1.67 bits per heavy atom. The highest BCUT2D eigenvalue weighted by molar-refractivity contribution is 6.04. The molecular formula is C27H28F3N5O4. The molecule has 0 radical (unpaired) electrons. The molecule has 1 aromatic heterocycles. The summed E-state index contributed by atoms with van der Waals surface area (Å²) in [6.07, 6.45) is -4.33. The van der Waals surface area contributed by atoms with Crippen LogP contribution in [-0.2, 0) is 28.5 Å². The zero-order valence-electron chi connectivity index (χ0n) is 21.5. The van der Waals surface area contributed by atoms with Gasteiger partial charge in [0.1, 0.15) is 17.5 Å². The van der Waals surface area contributed by atoms with Gasteiger partial charge in [0.25, 0.3) is 5.91 Å². The van der Waals surface area contributed by atoms with Crippen LogP contribution in [0.3, 0.4) is 0 Å². The molecule has 1 aliphatic heterocycles. The van der Waals surface area contributed by atoms with E-state index in [9.17, 15) is 27.9 Å². The third-order valence-electron chi connectivity index (χ3n) is 6.12. The second kappa shape index (κ2) is 11.7. The molecule has 2 heterocycles. The highest BCUT2D eigenvalue weighted by Gasteiger charge is 2.30. The van der Waals surface area contributed by atoms with E-state index < -0.39 is 23.6 Å². The number of amides is 1. The van der Waals surface area contributed by atoms with Crippen LogP contribution in [0.2, 0.25) is 0 Å². The average Bonchev–Trinajstić information content (AvgIpc) is 2.90. The van der Waals surface area contributed by atoms with Crippen molar-refractivity contribution in [3.05, 3.63) is 76.6 Å². The molecule has 0 saturated carbocycles. The maximum Gasteiger partial charge on any atom is 0.416 e. The zero-order valence-corrected chi connectivity index (χ0v) is 21.5. The summed E-state index contributed by atoms with van der Waals surface area (Å²) >= 11 is 0. The number of carbonyl (C=O) groups excluding carboxylic acids is 1. The zero-order chi connectivity index (χ0) is 28.2. The molecule has 0 bridgehead atoms. The Labute approximate surface area is 223 Å². The number of nitrogens with zero attached hydrogens (tertiary/aromatic N) is 4. The highest BCUT2D eigenvalue weighted by atomic mass is 19.4. The van der Waals surface area contributed by atoms with E-state index in [0.29, 0.717) is 61.4 Å². The van der Waals surface area contributed by atoms with Gasteiger partial charge in [-0.2, -0.15) is 13.2 Å². The summed E-state index contributed by atoms with van der Waals surface area (Å²) in [6.45, 7) is 2.21.